The lowest BCUT2D eigenvalue weighted by atomic mass is 9.99. The van der Waals surface area contributed by atoms with Crippen LogP contribution in [0, 0.1) is 0 Å². The zero-order valence-corrected chi connectivity index (χ0v) is 6.68. The minimum Gasteiger partial charge on any atom is -0.364 e. The Morgan fingerprint density at radius 1 is 1.42 bits per heavy atom. The van der Waals surface area contributed by atoms with E-state index >= 15 is 0 Å². The quantitative estimate of drug-likeness (QED) is 0.578. The SMILES string of the molecule is O=C1Cc2[nH]ccc2C2(CC2)N1. The molecule has 0 saturated heterocycles. The highest BCUT2D eigenvalue weighted by molar-refractivity contribution is 5.82. The van der Waals surface area contributed by atoms with Gasteiger partial charge in [0, 0.05) is 11.9 Å². The van der Waals surface area contributed by atoms with Gasteiger partial charge in [-0.05, 0) is 24.5 Å². The topological polar surface area (TPSA) is 44.9 Å². The Morgan fingerprint density at radius 2 is 2.25 bits per heavy atom. The molecule has 3 rings (SSSR count). The zero-order valence-electron chi connectivity index (χ0n) is 6.68. The van der Waals surface area contributed by atoms with Crippen molar-refractivity contribution in [2.45, 2.75) is 24.8 Å². The highest BCUT2D eigenvalue weighted by Gasteiger charge is 2.49. The van der Waals surface area contributed by atoms with Crippen molar-refractivity contribution in [3.8, 4) is 0 Å². The molecule has 0 radical (unpaired) electrons. The molecule has 12 heavy (non-hydrogen) atoms. The predicted molar refractivity (Wildman–Crippen MR) is 43.6 cm³/mol. The van der Waals surface area contributed by atoms with E-state index in [4.69, 9.17) is 0 Å². The van der Waals surface area contributed by atoms with Crippen molar-refractivity contribution >= 4 is 5.91 Å². The molecule has 62 valence electrons. The Labute approximate surface area is 70.2 Å². The maximum atomic E-state index is 11.2. The van der Waals surface area contributed by atoms with Gasteiger partial charge >= 0.3 is 0 Å². The molecular formula is C9H10N2O. The van der Waals surface area contributed by atoms with Crippen molar-refractivity contribution in [1.82, 2.24) is 10.3 Å². The van der Waals surface area contributed by atoms with Crippen molar-refractivity contribution in [2.75, 3.05) is 0 Å². The standard InChI is InChI=1S/C9H10N2O/c12-8-5-7-6(1-4-10-7)9(11-8)2-3-9/h1,4,10H,2-3,5H2,(H,11,12). The Balaban J connectivity index is 2.17. The summed E-state index contributed by atoms with van der Waals surface area (Å²) in [5, 5.41) is 3.05. The van der Waals surface area contributed by atoms with E-state index in [2.05, 4.69) is 16.4 Å². The second-order valence-corrected chi connectivity index (χ2v) is 3.68. The monoisotopic (exact) mass is 162 g/mol. The van der Waals surface area contributed by atoms with Crippen LogP contribution in [0.2, 0.25) is 0 Å². The highest BCUT2D eigenvalue weighted by atomic mass is 16.1. The van der Waals surface area contributed by atoms with Crippen molar-refractivity contribution < 1.29 is 4.79 Å². The molecule has 0 unspecified atom stereocenters. The second kappa shape index (κ2) is 1.73. The number of hydrogen-bond donors (Lipinski definition) is 2. The smallest absolute Gasteiger partial charge is 0.226 e. The van der Waals surface area contributed by atoms with Gasteiger partial charge in [-0.25, -0.2) is 0 Å². The van der Waals surface area contributed by atoms with Crippen molar-refractivity contribution in [3.63, 3.8) is 0 Å². The van der Waals surface area contributed by atoms with Gasteiger partial charge in [0.05, 0.1) is 12.0 Å². The number of aromatic nitrogens is 1. The molecule has 2 aliphatic rings. The number of H-pyrrole nitrogens is 1. The number of hydrogen-bond acceptors (Lipinski definition) is 1. The summed E-state index contributed by atoms with van der Waals surface area (Å²) in [6, 6.07) is 2.09. The van der Waals surface area contributed by atoms with Gasteiger partial charge in [-0.3, -0.25) is 4.79 Å². The molecule has 1 spiro atoms. The van der Waals surface area contributed by atoms with Gasteiger partial charge in [-0.2, -0.15) is 0 Å². The molecule has 1 aromatic heterocycles. The first kappa shape index (κ1) is 6.29. The van der Waals surface area contributed by atoms with Crippen LogP contribution in [0.5, 0.6) is 0 Å². The summed E-state index contributed by atoms with van der Waals surface area (Å²) >= 11 is 0. The summed E-state index contributed by atoms with van der Waals surface area (Å²) in [6.45, 7) is 0. The average molecular weight is 162 g/mol. The fourth-order valence-corrected chi connectivity index (χ4v) is 2.06. The van der Waals surface area contributed by atoms with Crippen LogP contribution in [0.3, 0.4) is 0 Å². The summed E-state index contributed by atoms with van der Waals surface area (Å²) in [5.74, 6) is 0.155. The third-order valence-electron chi connectivity index (χ3n) is 2.81. The van der Waals surface area contributed by atoms with Gasteiger partial charge in [0.2, 0.25) is 5.91 Å². The maximum Gasteiger partial charge on any atom is 0.226 e. The van der Waals surface area contributed by atoms with E-state index in [0.29, 0.717) is 6.42 Å². The number of fused-ring (bicyclic) bond motifs is 2. The van der Waals surface area contributed by atoms with E-state index in [1.807, 2.05) is 6.20 Å². The summed E-state index contributed by atoms with van der Waals surface area (Å²) in [5.41, 5.74) is 2.45. The maximum absolute atomic E-state index is 11.2. The average Bonchev–Trinajstić information content (AvgIpc) is 2.62. The molecule has 1 aromatic rings. The van der Waals surface area contributed by atoms with E-state index in [1.165, 1.54) is 5.56 Å². The first-order chi connectivity index (χ1) is 5.80. The van der Waals surface area contributed by atoms with Gasteiger partial charge in [-0.1, -0.05) is 0 Å². The molecule has 1 aliphatic heterocycles. The molecule has 0 aromatic carbocycles. The van der Waals surface area contributed by atoms with Gasteiger partial charge < -0.3 is 10.3 Å². The predicted octanol–water partition coefficient (Wildman–Crippen LogP) is 0.676. The van der Waals surface area contributed by atoms with Crippen LogP contribution in [-0.2, 0) is 16.8 Å². The van der Waals surface area contributed by atoms with Gasteiger partial charge in [-0.15, -0.1) is 0 Å². The highest BCUT2D eigenvalue weighted by Crippen LogP contribution is 2.48. The Hall–Kier alpha value is -1.25. The van der Waals surface area contributed by atoms with E-state index in [0.717, 1.165) is 18.5 Å². The molecule has 2 N–H and O–H groups in total. The summed E-state index contributed by atoms with van der Waals surface area (Å²) in [4.78, 5) is 14.4. The fraction of sp³-hybridized carbons (Fsp3) is 0.444. The van der Waals surface area contributed by atoms with Crippen LogP contribution in [0.25, 0.3) is 0 Å². The molecule has 1 saturated carbocycles. The summed E-state index contributed by atoms with van der Waals surface area (Å²) < 4.78 is 0. The van der Waals surface area contributed by atoms with Gasteiger partial charge in [0.15, 0.2) is 0 Å². The molecule has 3 nitrogen and oxygen atoms in total. The van der Waals surface area contributed by atoms with E-state index < -0.39 is 0 Å². The lowest BCUT2D eigenvalue weighted by Gasteiger charge is -2.23. The van der Waals surface area contributed by atoms with Crippen LogP contribution < -0.4 is 5.32 Å². The summed E-state index contributed by atoms with van der Waals surface area (Å²) in [6.07, 6.45) is 4.64. The molecule has 2 heterocycles. The number of carbonyl (C=O) groups is 1. The third kappa shape index (κ3) is 0.636. The molecule has 1 aliphatic carbocycles. The van der Waals surface area contributed by atoms with Crippen LogP contribution >= 0.6 is 0 Å². The van der Waals surface area contributed by atoms with Crippen molar-refractivity contribution in [1.29, 1.82) is 0 Å². The first-order valence-corrected chi connectivity index (χ1v) is 4.28. The zero-order chi connectivity index (χ0) is 8.18. The minimum atomic E-state index is 0.0324. The Morgan fingerprint density at radius 3 is 3.00 bits per heavy atom. The Bertz CT molecular complexity index is 349. The molecule has 1 fully saturated rings. The van der Waals surface area contributed by atoms with E-state index in [1.54, 1.807) is 0 Å². The number of aromatic amines is 1. The molecule has 0 atom stereocenters. The Kier molecular flexibility index (Phi) is 0.908. The molecular weight excluding hydrogens is 152 g/mol. The number of rotatable bonds is 0. The van der Waals surface area contributed by atoms with E-state index in [-0.39, 0.29) is 11.4 Å². The van der Waals surface area contributed by atoms with Crippen LogP contribution in [0.15, 0.2) is 12.3 Å². The molecule has 0 bridgehead atoms. The normalized spacial score (nSPS) is 23.5. The van der Waals surface area contributed by atoms with Crippen LogP contribution in [0.1, 0.15) is 24.1 Å². The number of nitrogens with one attached hydrogen (secondary N) is 2. The van der Waals surface area contributed by atoms with Crippen LogP contribution in [0.4, 0.5) is 0 Å². The largest absolute Gasteiger partial charge is 0.364 e. The molecule has 3 heteroatoms. The van der Waals surface area contributed by atoms with Crippen LogP contribution in [-0.4, -0.2) is 10.9 Å². The first-order valence-electron chi connectivity index (χ1n) is 4.28. The van der Waals surface area contributed by atoms with Crippen molar-refractivity contribution in [2.24, 2.45) is 0 Å². The lowest BCUT2D eigenvalue weighted by molar-refractivity contribution is -0.122. The van der Waals surface area contributed by atoms with Crippen molar-refractivity contribution in [3.05, 3.63) is 23.5 Å². The molecule has 1 amide bonds. The third-order valence-corrected chi connectivity index (χ3v) is 2.81. The fourth-order valence-electron chi connectivity index (χ4n) is 2.06. The number of carbonyl (C=O) groups excluding carboxylic acids is 1. The van der Waals surface area contributed by atoms with E-state index in [9.17, 15) is 4.79 Å². The van der Waals surface area contributed by atoms with Gasteiger partial charge in [0.1, 0.15) is 0 Å². The lowest BCUT2D eigenvalue weighted by Crippen LogP contribution is -2.40. The summed E-state index contributed by atoms with van der Waals surface area (Å²) in [7, 11) is 0. The number of amides is 1. The minimum absolute atomic E-state index is 0.0324. The second-order valence-electron chi connectivity index (χ2n) is 3.68. The van der Waals surface area contributed by atoms with Gasteiger partial charge in [0.25, 0.3) is 0 Å².